The topological polar surface area (TPSA) is 44.1 Å². The second-order valence-corrected chi connectivity index (χ2v) is 5.25. The predicted octanol–water partition coefficient (Wildman–Crippen LogP) is 3.91. The molecule has 0 atom stereocenters. The van der Waals surface area contributed by atoms with Crippen molar-refractivity contribution in [2.24, 2.45) is 0 Å². The number of nitrogens with zero attached hydrogens (tertiary/aromatic N) is 2. The summed E-state index contributed by atoms with van der Waals surface area (Å²) >= 11 is 3.45. The molecule has 1 amide bonds. The number of carbonyl (C=O) groups is 1. The fourth-order valence-electron chi connectivity index (χ4n) is 1.87. The highest BCUT2D eigenvalue weighted by Gasteiger charge is 2.17. The minimum Gasteiger partial charge on any atom is -0.311 e. The van der Waals surface area contributed by atoms with E-state index in [-0.39, 0.29) is 5.91 Å². The third-order valence-corrected chi connectivity index (χ3v) is 4.16. The highest BCUT2D eigenvalue weighted by atomic mass is 79.9. The Balaban J connectivity index is 2.32. The van der Waals surface area contributed by atoms with Gasteiger partial charge < -0.3 is 4.90 Å². The van der Waals surface area contributed by atoms with Crippen LogP contribution in [0.4, 0.5) is 5.69 Å². The van der Waals surface area contributed by atoms with Gasteiger partial charge in [-0.15, -0.1) is 0 Å². The molecule has 0 aliphatic carbocycles. The van der Waals surface area contributed by atoms with Crippen molar-refractivity contribution in [1.82, 2.24) is 0 Å². The predicted molar refractivity (Wildman–Crippen MR) is 82.8 cm³/mol. The summed E-state index contributed by atoms with van der Waals surface area (Å²) < 4.78 is 0.811. The minimum atomic E-state index is -0.0923. The van der Waals surface area contributed by atoms with Crippen molar-refractivity contribution in [3.05, 3.63) is 63.6 Å². The number of nitriles is 1. The lowest BCUT2D eigenvalue weighted by molar-refractivity contribution is 0.0992. The normalized spacial score (nSPS) is 9.90. The summed E-state index contributed by atoms with van der Waals surface area (Å²) in [7, 11) is 1.72. The largest absolute Gasteiger partial charge is 0.311 e. The number of hydrogen-bond acceptors (Lipinski definition) is 2. The fraction of sp³-hybridized carbons (Fsp3) is 0.125. The summed E-state index contributed by atoms with van der Waals surface area (Å²) in [6.45, 7) is 1.95. The Morgan fingerprint density at radius 2 is 1.85 bits per heavy atom. The van der Waals surface area contributed by atoms with Gasteiger partial charge in [0, 0.05) is 17.2 Å². The first-order valence-electron chi connectivity index (χ1n) is 6.08. The molecule has 2 aromatic carbocycles. The van der Waals surface area contributed by atoms with E-state index in [1.165, 1.54) is 0 Å². The van der Waals surface area contributed by atoms with Crippen LogP contribution in [0.2, 0.25) is 0 Å². The van der Waals surface area contributed by atoms with Crippen molar-refractivity contribution in [1.29, 1.82) is 5.26 Å². The Morgan fingerprint density at radius 3 is 2.45 bits per heavy atom. The molecule has 2 rings (SSSR count). The number of halogens is 1. The summed E-state index contributed by atoms with van der Waals surface area (Å²) in [6.07, 6.45) is 0. The maximum atomic E-state index is 12.5. The van der Waals surface area contributed by atoms with Crippen LogP contribution in [-0.2, 0) is 0 Å². The van der Waals surface area contributed by atoms with E-state index in [0.29, 0.717) is 11.1 Å². The molecule has 0 saturated carbocycles. The Bertz CT molecular complexity index is 687. The Hall–Kier alpha value is -2.12. The zero-order valence-corrected chi connectivity index (χ0v) is 12.8. The Kier molecular flexibility index (Phi) is 4.21. The summed E-state index contributed by atoms with van der Waals surface area (Å²) in [4.78, 5) is 14.1. The number of aryl methyl sites for hydroxylation is 1. The zero-order chi connectivity index (χ0) is 14.7. The van der Waals surface area contributed by atoms with Crippen LogP contribution in [0, 0.1) is 18.3 Å². The van der Waals surface area contributed by atoms with Gasteiger partial charge >= 0.3 is 0 Å². The van der Waals surface area contributed by atoms with Gasteiger partial charge in [-0.05, 0) is 58.7 Å². The molecular formula is C16H13BrN2O. The van der Waals surface area contributed by atoms with Gasteiger partial charge in [0.15, 0.2) is 0 Å². The van der Waals surface area contributed by atoms with Gasteiger partial charge in [0.2, 0.25) is 0 Å². The van der Waals surface area contributed by atoms with Gasteiger partial charge in [-0.2, -0.15) is 5.26 Å². The van der Waals surface area contributed by atoms with E-state index in [1.807, 2.05) is 19.1 Å². The van der Waals surface area contributed by atoms with Gasteiger partial charge in [-0.1, -0.05) is 12.1 Å². The lowest BCUT2D eigenvalue weighted by Crippen LogP contribution is -2.26. The third kappa shape index (κ3) is 2.73. The lowest BCUT2D eigenvalue weighted by Gasteiger charge is -2.18. The van der Waals surface area contributed by atoms with E-state index in [2.05, 4.69) is 22.0 Å². The smallest absolute Gasteiger partial charge is 0.259 e. The SMILES string of the molecule is Cc1cccc(C(=O)N(C)c2ccc(C#N)cc2)c1Br. The van der Waals surface area contributed by atoms with Crippen LogP contribution in [-0.4, -0.2) is 13.0 Å². The van der Waals surface area contributed by atoms with E-state index < -0.39 is 0 Å². The van der Waals surface area contributed by atoms with Crippen LogP contribution >= 0.6 is 15.9 Å². The van der Waals surface area contributed by atoms with E-state index in [4.69, 9.17) is 5.26 Å². The molecule has 0 aliphatic rings. The quantitative estimate of drug-likeness (QED) is 0.838. The van der Waals surface area contributed by atoms with Crippen LogP contribution < -0.4 is 4.90 Å². The van der Waals surface area contributed by atoms with Gasteiger partial charge in [-0.3, -0.25) is 4.79 Å². The van der Waals surface area contributed by atoms with Crippen molar-refractivity contribution in [3.63, 3.8) is 0 Å². The van der Waals surface area contributed by atoms with Gasteiger partial charge in [0.1, 0.15) is 0 Å². The lowest BCUT2D eigenvalue weighted by atomic mass is 10.1. The molecule has 0 saturated heterocycles. The summed E-state index contributed by atoms with van der Waals surface area (Å²) in [5.74, 6) is -0.0923. The van der Waals surface area contributed by atoms with Crippen molar-refractivity contribution < 1.29 is 4.79 Å². The van der Waals surface area contributed by atoms with Crippen LogP contribution in [0.5, 0.6) is 0 Å². The summed E-state index contributed by atoms with van der Waals surface area (Å²) in [5.41, 5.74) is 2.97. The number of benzene rings is 2. The van der Waals surface area contributed by atoms with E-state index in [1.54, 1.807) is 42.3 Å². The average molecular weight is 329 g/mol. The first-order chi connectivity index (χ1) is 9.54. The molecule has 100 valence electrons. The number of rotatable bonds is 2. The molecule has 0 aromatic heterocycles. The Labute approximate surface area is 126 Å². The van der Waals surface area contributed by atoms with Crippen LogP contribution in [0.1, 0.15) is 21.5 Å². The number of carbonyl (C=O) groups excluding carboxylic acids is 1. The summed E-state index contributed by atoms with van der Waals surface area (Å²) in [6, 6.07) is 14.6. The van der Waals surface area contributed by atoms with Crippen LogP contribution in [0.15, 0.2) is 46.9 Å². The molecule has 0 fully saturated rings. The molecule has 2 aromatic rings. The molecule has 0 spiro atoms. The van der Waals surface area contributed by atoms with E-state index in [0.717, 1.165) is 15.7 Å². The molecule has 4 heteroatoms. The van der Waals surface area contributed by atoms with E-state index >= 15 is 0 Å². The second-order valence-electron chi connectivity index (χ2n) is 4.46. The summed E-state index contributed by atoms with van der Waals surface area (Å²) in [5, 5.41) is 8.78. The number of anilines is 1. The molecule has 0 radical (unpaired) electrons. The maximum absolute atomic E-state index is 12.5. The number of hydrogen-bond donors (Lipinski definition) is 0. The van der Waals surface area contributed by atoms with Gasteiger partial charge in [-0.25, -0.2) is 0 Å². The molecule has 0 heterocycles. The van der Waals surface area contributed by atoms with Crippen molar-refractivity contribution in [2.75, 3.05) is 11.9 Å². The molecular weight excluding hydrogens is 316 g/mol. The second kappa shape index (κ2) is 5.89. The first kappa shape index (κ1) is 14.3. The number of amides is 1. The standard InChI is InChI=1S/C16H13BrN2O/c1-11-4-3-5-14(15(11)17)16(20)19(2)13-8-6-12(10-18)7-9-13/h3-9H,1-2H3. The molecule has 20 heavy (non-hydrogen) atoms. The molecule has 0 unspecified atom stereocenters. The van der Waals surface area contributed by atoms with Crippen LogP contribution in [0.25, 0.3) is 0 Å². The fourth-order valence-corrected chi connectivity index (χ4v) is 2.30. The van der Waals surface area contributed by atoms with Crippen molar-refractivity contribution in [3.8, 4) is 6.07 Å². The molecule has 0 bridgehead atoms. The Morgan fingerprint density at radius 1 is 1.20 bits per heavy atom. The van der Waals surface area contributed by atoms with E-state index in [9.17, 15) is 4.79 Å². The van der Waals surface area contributed by atoms with Crippen molar-refractivity contribution >= 4 is 27.5 Å². The third-order valence-electron chi connectivity index (χ3n) is 3.11. The highest BCUT2D eigenvalue weighted by molar-refractivity contribution is 9.10. The maximum Gasteiger partial charge on any atom is 0.259 e. The molecule has 0 aliphatic heterocycles. The average Bonchev–Trinajstić information content (AvgIpc) is 2.48. The van der Waals surface area contributed by atoms with Crippen molar-refractivity contribution in [2.45, 2.75) is 6.92 Å². The monoisotopic (exact) mass is 328 g/mol. The minimum absolute atomic E-state index is 0.0923. The first-order valence-corrected chi connectivity index (χ1v) is 6.87. The molecule has 0 N–H and O–H groups in total. The zero-order valence-electron chi connectivity index (χ0n) is 11.2. The van der Waals surface area contributed by atoms with Gasteiger partial charge in [0.25, 0.3) is 5.91 Å². The molecule has 3 nitrogen and oxygen atoms in total. The highest BCUT2D eigenvalue weighted by Crippen LogP contribution is 2.24. The van der Waals surface area contributed by atoms with Gasteiger partial charge in [0.05, 0.1) is 17.2 Å². The van der Waals surface area contributed by atoms with Crippen LogP contribution in [0.3, 0.4) is 0 Å².